The highest BCUT2D eigenvalue weighted by molar-refractivity contribution is 7.95. The van der Waals surface area contributed by atoms with E-state index in [1.54, 1.807) is 0 Å². The van der Waals surface area contributed by atoms with Crippen molar-refractivity contribution in [2.45, 2.75) is 6.16 Å². The summed E-state index contributed by atoms with van der Waals surface area (Å²) in [4.78, 5) is 9.53. The second-order valence-electron chi connectivity index (χ2n) is 8.02. The first-order chi connectivity index (χ1) is 16.3. The van der Waals surface area contributed by atoms with Crippen LogP contribution in [-0.2, 0) is 6.16 Å². The summed E-state index contributed by atoms with van der Waals surface area (Å²) in [6.45, 7) is 0. The lowest BCUT2D eigenvalue weighted by Gasteiger charge is -2.26. The minimum Gasteiger partial charge on any atom is -1.00 e. The van der Waals surface area contributed by atoms with Gasteiger partial charge in [-0.05, 0) is 54.6 Å². The molecule has 0 bridgehead atoms. The Labute approximate surface area is 205 Å². The Hall–Kier alpha value is -3.59. The van der Waals surface area contributed by atoms with Gasteiger partial charge in [-0.15, -0.1) is 5.10 Å². The summed E-state index contributed by atoms with van der Waals surface area (Å²) in [6, 6.07) is 38.5. The topological polar surface area (TPSA) is 43.1 Å². The van der Waals surface area contributed by atoms with Crippen LogP contribution in [0.25, 0.3) is 16.6 Å². The average molecular weight is 481 g/mol. The Morgan fingerprint density at radius 3 is 1.76 bits per heavy atom. The van der Waals surface area contributed by atoms with E-state index in [4.69, 9.17) is 10.1 Å². The third-order valence-corrected chi connectivity index (χ3v) is 10.4. The van der Waals surface area contributed by atoms with Gasteiger partial charge in [0.2, 0.25) is 0 Å². The SMILES string of the molecule is [Cl-].c1ccc([P+](Cc2nc3c4cccnc4ccn3n2)(c2ccccc2)c2ccccc2)cc1. The first-order valence-corrected chi connectivity index (χ1v) is 13.0. The fourth-order valence-corrected chi connectivity index (χ4v) is 8.63. The van der Waals surface area contributed by atoms with Gasteiger partial charge < -0.3 is 12.4 Å². The number of aromatic nitrogens is 4. The van der Waals surface area contributed by atoms with Crippen molar-refractivity contribution in [2.24, 2.45) is 0 Å². The number of hydrogen-bond acceptors (Lipinski definition) is 3. The van der Waals surface area contributed by atoms with Crippen LogP contribution in [0.2, 0.25) is 0 Å². The molecule has 0 spiro atoms. The maximum atomic E-state index is 5.04. The highest BCUT2D eigenvalue weighted by Crippen LogP contribution is 2.57. The first kappa shape index (κ1) is 22.2. The van der Waals surface area contributed by atoms with E-state index in [9.17, 15) is 0 Å². The molecule has 0 fully saturated rings. The molecule has 3 aromatic carbocycles. The smallest absolute Gasteiger partial charge is 0.190 e. The van der Waals surface area contributed by atoms with E-state index < -0.39 is 7.26 Å². The molecular formula is C28H22ClN4P. The summed E-state index contributed by atoms with van der Waals surface area (Å²) in [5, 5.41) is 9.93. The van der Waals surface area contributed by atoms with E-state index >= 15 is 0 Å². The van der Waals surface area contributed by atoms with E-state index in [1.807, 2.05) is 29.0 Å². The second kappa shape index (κ2) is 9.34. The van der Waals surface area contributed by atoms with Gasteiger partial charge >= 0.3 is 0 Å². The van der Waals surface area contributed by atoms with Crippen LogP contribution in [0.15, 0.2) is 122 Å². The molecule has 0 aliphatic carbocycles. The molecule has 0 atom stereocenters. The van der Waals surface area contributed by atoms with Gasteiger partial charge in [-0.2, -0.15) is 0 Å². The molecule has 0 aliphatic heterocycles. The van der Waals surface area contributed by atoms with E-state index in [0.717, 1.165) is 28.5 Å². The van der Waals surface area contributed by atoms with E-state index in [0.29, 0.717) is 0 Å². The molecule has 3 heterocycles. The van der Waals surface area contributed by atoms with Crippen molar-refractivity contribution in [3.05, 3.63) is 127 Å². The fraction of sp³-hybridized carbons (Fsp3) is 0.0357. The first-order valence-electron chi connectivity index (χ1n) is 11.0. The number of benzene rings is 3. The number of nitrogens with zero attached hydrogens (tertiary/aromatic N) is 4. The Morgan fingerprint density at radius 1 is 0.647 bits per heavy atom. The maximum Gasteiger partial charge on any atom is 0.190 e. The van der Waals surface area contributed by atoms with Crippen molar-refractivity contribution >= 4 is 39.7 Å². The molecule has 0 unspecified atom stereocenters. The van der Waals surface area contributed by atoms with Crippen LogP contribution in [0.3, 0.4) is 0 Å². The van der Waals surface area contributed by atoms with Crippen molar-refractivity contribution in [2.75, 3.05) is 0 Å². The van der Waals surface area contributed by atoms with Gasteiger partial charge in [0.15, 0.2) is 11.5 Å². The van der Waals surface area contributed by atoms with Crippen LogP contribution in [-0.4, -0.2) is 19.6 Å². The Morgan fingerprint density at radius 2 is 1.21 bits per heavy atom. The zero-order valence-corrected chi connectivity index (χ0v) is 20.0. The van der Waals surface area contributed by atoms with Crippen LogP contribution in [0, 0.1) is 0 Å². The van der Waals surface area contributed by atoms with Gasteiger partial charge in [0.1, 0.15) is 29.3 Å². The molecule has 0 aliphatic rings. The Balaban J connectivity index is 0.00000241. The summed E-state index contributed by atoms with van der Waals surface area (Å²) >= 11 is 0. The summed E-state index contributed by atoms with van der Waals surface area (Å²) in [5.41, 5.74) is 1.78. The summed E-state index contributed by atoms with van der Waals surface area (Å²) in [5.74, 6) is 0.844. The lowest BCUT2D eigenvalue weighted by Crippen LogP contribution is -3.00. The molecule has 6 rings (SSSR count). The second-order valence-corrected chi connectivity index (χ2v) is 11.5. The van der Waals surface area contributed by atoms with Crippen molar-refractivity contribution in [3.63, 3.8) is 0 Å². The van der Waals surface area contributed by atoms with E-state index in [-0.39, 0.29) is 12.4 Å². The van der Waals surface area contributed by atoms with Gasteiger partial charge in [0.05, 0.1) is 5.52 Å². The van der Waals surface area contributed by atoms with Gasteiger partial charge in [0, 0.05) is 17.8 Å². The average Bonchev–Trinajstić information content (AvgIpc) is 3.32. The van der Waals surface area contributed by atoms with Crippen molar-refractivity contribution < 1.29 is 12.4 Å². The molecule has 0 saturated carbocycles. The third-order valence-electron chi connectivity index (χ3n) is 6.10. The lowest BCUT2D eigenvalue weighted by atomic mass is 10.2. The number of hydrogen-bond donors (Lipinski definition) is 0. The maximum absolute atomic E-state index is 5.04. The number of rotatable bonds is 5. The molecule has 4 nitrogen and oxygen atoms in total. The highest BCUT2D eigenvalue weighted by Gasteiger charge is 2.46. The van der Waals surface area contributed by atoms with Crippen molar-refractivity contribution in [3.8, 4) is 0 Å². The Bertz CT molecular complexity index is 1440. The van der Waals surface area contributed by atoms with Crippen molar-refractivity contribution in [1.29, 1.82) is 0 Å². The molecule has 3 aromatic heterocycles. The summed E-state index contributed by atoms with van der Waals surface area (Å²) in [7, 11) is -2.04. The molecule has 6 aromatic rings. The van der Waals surface area contributed by atoms with Gasteiger partial charge in [-0.1, -0.05) is 54.6 Å². The van der Waals surface area contributed by atoms with Crippen molar-refractivity contribution in [1.82, 2.24) is 19.6 Å². The number of pyridine rings is 2. The lowest BCUT2D eigenvalue weighted by molar-refractivity contribution is -0.00000661. The fourth-order valence-electron chi connectivity index (χ4n) is 4.58. The molecule has 166 valence electrons. The minimum atomic E-state index is -2.04. The predicted molar refractivity (Wildman–Crippen MR) is 137 cm³/mol. The molecule has 0 amide bonds. The largest absolute Gasteiger partial charge is 1.00 e. The predicted octanol–water partition coefficient (Wildman–Crippen LogP) is 1.78. The summed E-state index contributed by atoms with van der Waals surface area (Å²) < 4.78 is 1.88. The zero-order valence-electron chi connectivity index (χ0n) is 18.4. The Kier molecular flexibility index (Phi) is 6.10. The van der Waals surface area contributed by atoms with Crippen LogP contribution in [0.5, 0.6) is 0 Å². The molecule has 34 heavy (non-hydrogen) atoms. The van der Waals surface area contributed by atoms with Gasteiger partial charge in [-0.3, -0.25) is 4.98 Å². The van der Waals surface area contributed by atoms with Crippen LogP contribution >= 0.6 is 7.26 Å². The van der Waals surface area contributed by atoms with Crippen LogP contribution < -0.4 is 28.3 Å². The molecule has 0 N–H and O–H groups in total. The number of fused-ring (bicyclic) bond motifs is 3. The third kappa shape index (κ3) is 3.75. The highest BCUT2D eigenvalue weighted by atomic mass is 35.5. The standard InChI is InChI=1S/C28H22N4P.ClH/c1-4-11-22(12-5-1)33(23-13-6-2-7-14-23,24-15-8-3-9-16-24)21-27-30-28-25-17-10-19-29-26(25)18-20-32(28)31-27;/h1-20H,21H2;1H/q+1;/p-1. The zero-order chi connectivity index (χ0) is 22.1. The molecule has 0 radical (unpaired) electrons. The molecular weight excluding hydrogens is 459 g/mol. The normalized spacial score (nSPS) is 11.4. The quantitative estimate of drug-likeness (QED) is 0.353. The van der Waals surface area contributed by atoms with E-state index in [1.165, 1.54) is 15.9 Å². The number of halogens is 1. The monoisotopic (exact) mass is 480 g/mol. The molecule has 0 saturated heterocycles. The minimum absolute atomic E-state index is 0. The molecule has 6 heteroatoms. The van der Waals surface area contributed by atoms with E-state index in [2.05, 4.69) is 102 Å². The van der Waals surface area contributed by atoms with Gasteiger partial charge in [0.25, 0.3) is 0 Å². The summed E-state index contributed by atoms with van der Waals surface area (Å²) in [6.07, 6.45) is 4.51. The van der Waals surface area contributed by atoms with Crippen LogP contribution in [0.1, 0.15) is 5.82 Å². The van der Waals surface area contributed by atoms with Crippen LogP contribution in [0.4, 0.5) is 0 Å². The van der Waals surface area contributed by atoms with Gasteiger partial charge in [-0.25, -0.2) is 9.50 Å².